The van der Waals surface area contributed by atoms with Crippen molar-refractivity contribution >= 4 is 38.9 Å². The number of nitrogens with one attached hydrogen (secondary N) is 1. The Hall–Kier alpha value is -0.490. The molecule has 17 heavy (non-hydrogen) atoms. The summed E-state index contributed by atoms with van der Waals surface area (Å²) in [5.41, 5.74) is 5.83. The van der Waals surface area contributed by atoms with Gasteiger partial charge in [0.25, 0.3) is 0 Å². The van der Waals surface area contributed by atoms with Crippen molar-refractivity contribution in [1.82, 2.24) is 4.72 Å². The van der Waals surface area contributed by atoms with Crippen LogP contribution in [-0.4, -0.2) is 15.0 Å². The highest BCUT2D eigenvalue weighted by atomic mass is 35.5. The standard InChI is InChI=1S/C10H14Cl2N2O2S/c1-6(2)5-14-17(15,16)10-8(11)3-7(13)4-9(10)12/h3-4,6,14H,5,13H2,1-2H3. The third-order valence-corrected chi connectivity index (χ3v) is 4.32. The van der Waals surface area contributed by atoms with Gasteiger partial charge < -0.3 is 5.73 Å². The molecule has 0 aromatic heterocycles. The molecule has 3 N–H and O–H groups in total. The molecule has 7 heteroatoms. The summed E-state index contributed by atoms with van der Waals surface area (Å²) in [7, 11) is -3.70. The zero-order valence-electron chi connectivity index (χ0n) is 9.50. The Labute approximate surface area is 111 Å². The second kappa shape index (κ2) is 5.44. The maximum Gasteiger partial charge on any atom is 0.243 e. The topological polar surface area (TPSA) is 72.2 Å². The van der Waals surface area contributed by atoms with Crippen molar-refractivity contribution in [2.75, 3.05) is 12.3 Å². The third kappa shape index (κ3) is 3.74. The van der Waals surface area contributed by atoms with Gasteiger partial charge in [-0.05, 0) is 18.1 Å². The molecular weight excluding hydrogens is 283 g/mol. The number of hydrogen-bond donors (Lipinski definition) is 2. The molecule has 96 valence electrons. The van der Waals surface area contributed by atoms with E-state index in [2.05, 4.69) is 4.72 Å². The molecule has 0 aliphatic carbocycles. The van der Waals surface area contributed by atoms with E-state index in [-0.39, 0.29) is 20.9 Å². The van der Waals surface area contributed by atoms with Gasteiger partial charge in [0.1, 0.15) is 4.90 Å². The van der Waals surface area contributed by atoms with Crippen LogP contribution in [0.15, 0.2) is 17.0 Å². The number of benzene rings is 1. The van der Waals surface area contributed by atoms with Crippen LogP contribution >= 0.6 is 23.2 Å². The molecule has 0 spiro atoms. The van der Waals surface area contributed by atoms with Crippen molar-refractivity contribution in [3.8, 4) is 0 Å². The normalized spacial score (nSPS) is 12.1. The van der Waals surface area contributed by atoms with Crippen LogP contribution in [0.4, 0.5) is 5.69 Å². The first-order valence-corrected chi connectivity index (χ1v) is 7.22. The number of nitrogen functional groups attached to an aromatic ring is 1. The Morgan fingerprint density at radius 1 is 1.29 bits per heavy atom. The molecule has 4 nitrogen and oxygen atoms in total. The highest BCUT2D eigenvalue weighted by Gasteiger charge is 2.22. The fraction of sp³-hybridized carbons (Fsp3) is 0.400. The van der Waals surface area contributed by atoms with E-state index in [0.29, 0.717) is 12.2 Å². The minimum atomic E-state index is -3.70. The van der Waals surface area contributed by atoms with Crippen LogP contribution in [0.2, 0.25) is 10.0 Å². The minimum Gasteiger partial charge on any atom is -0.399 e. The number of sulfonamides is 1. The fourth-order valence-electron chi connectivity index (χ4n) is 1.18. The summed E-state index contributed by atoms with van der Waals surface area (Å²) >= 11 is 11.7. The lowest BCUT2D eigenvalue weighted by Gasteiger charge is -2.12. The van der Waals surface area contributed by atoms with Gasteiger partial charge in [0.15, 0.2) is 0 Å². The minimum absolute atomic E-state index is 0.0197. The number of rotatable bonds is 4. The van der Waals surface area contributed by atoms with Gasteiger partial charge in [0, 0.05) is 12.2 Å². The Morgan fingerprint density at radius 2 is 1.76 bits per heavy atom. The highest BCUT2D eigenvalue weighted by Crippen LogP contribution is 2.31. The van der Waals surface area contributed by atoms with Crippen LogP contribution in [0.5, 0.6) is 0 Å². The molecule has 0 aliphatic heterocycles. The summed E-state index contributed by atoms with van der Waals surface area (Å²) < 4.78 is 26.4. The predicted octanol–water partition coefficient (Wildman–Crippen LogP) is 2.51. The van der Waals surface area contributed by atoms with Crippen LogP contribution in [0.25, 0.3) is 0 Å². The summed E-state index contributed by atoms with van der Waals surface area (Å²) in [4.78, 5) is -0.129. The molecule has 0 unspecified atom stereocenters. The molecule has 1 rings (SSSR count). The van der Waals surface area contributed by atoms with Crippen LogP contribution in [-0.2, 0) is 10.0 Å². The quantitative estimate of drug-likeness (QED) is 0.839. The van der Waals surface area contributed by atoms with Gasteiger partial charge in [-0.1, -0.05) is 37.0 Å². The van der Waals surface area contributed by atoms with Crippen LogP contribution in [0.1, 0.15) is 13.8 Å². The first-order chi connectivity index (χ1) is 7.74. The smallest absolute Gasteiger partial charge is 0.243 e. The van der Waals surface area contributed by atoms with Gasteiger partial charge >= 0.3 is 0 Å². The maximum absolute atomic E-state index is 12.0. The highest BCUT2D eigenvalue weighted by molar-refractivity contribution is 7.89. The Balaban J connectivity index is 3.16. The van der Waals surface area contributed by atoms with E-state index in [4.69, 9.17) is 28.9 Å². The van der Waals surface area contributed by atoms with Gasteiger partial charge in [-0.15, -0.1) is 0 Å². The van der Waals surface area contributed by atoms with Gasteiger partial charge in [-0.3, -0.25) is 0 Å². The predicted molar refractivity (Wildman–Crippen MR) is 70.9 cm³/mol. The number of nitrogens with two attached hydrogens (primary N) is 1. The van der Waals surface area contributed by atoms with Crippen LogP contribution in [0.3, 0.4) is 0 Å². The summed E-state index contributed by atoms with van der Waals surface area (Å²) in [6.45, 7) is 4.11. The zero-order chi connectivity index (χ0) is 13.2. The van der Waals surface area contributed by atoms with E-state index < -0.39 is 10.0 Å². The zero-order valence-corrected chi connectivity index (χ0v) is 11.8. The summed E-state index contributed by atoms with van der Waals surface area (Å²) in [6.07, 6.45) is 0. The summed E-state index contributed by atoms with van der Waals surface area (Å²) in [5.74, 6) is 0.191. The molecule has 1 aromatic rings. The van der Waals surface area contributed by atoms with E-state index in [1.54, 1.807) is 0 Å². The molecule has 0 saturated heterocycles. The Kier molecular flexibility index (Phi) is 4.66. The average Bonchev–Trinajstić information content (AvgIpc) is 2.12. The molecule has 0 fully saturated rings. The summed E-state index contributed by atoms with van der Waals surface area (Å²) in [5, 5.41) is 0.0394. The lowest BCUT2D eigenvalue weighted by atomic mass is 10.2. The van der Waals surface area contributed by atoms with Crippen molar-refractivity contribution in [2.24, 2.45) is 5.92 Å². The second-order valence-electron chi connectivity index (χ2n) is 4.06. The summed E-state index contributed by atoms with van der Waals surface area (Å²) in [6, 6.07) is 2.72. The number of anilines is 1. The lowest BCUT2D eigenvalue weighted by molar-refractivity contribution is 0.560. The van der Waals surface area contributed by atoms with Crippen LogP contribution < -0.4 is 10.5 Å². The second-order valence-corrected chi connectivity index (χ2v) is 6.58. The molecular formula is C10H14Cl2N2O2S. The Morgan fingerprint density at radius 3 is 2.18 bits per heavy atom. The van der Waals surface area contributed by atoms with Crippen LogP contribution in [0, 0.1) is 5.92 Å². The molecule has 0 aliphatic rings. The maximum atomic E-state index is 12.0. The van der Waals surface area contributed by atoms with Gasteiger partial charge in [-0.2, -0.15) is 0 Å². The van der Waals surface area contributed by atoms with Crippen molar-refractivity contribution in [3.05, 3.63) is 22.2 Å². The SMILES string of the molecule is CC(C)CNS(=O)(=O)c1c(Cl)cc(N)cc1Cl. The third-order valence-electron chi connectivity index (χ3n) is 1.97. The van der Waals surface area contributed by atoms with Crippen molar-refractivity contribution in [2.45, 2.75) is 18.7 Å². The molecule has 0 heterocycles. The molecule has 1 aromatic carbocycles. The van der Waals surface area contributed by atoms with Crippen molar-refractivity contribution in [3.63, 3.8) is 0 Å². The monoisotopic (exact) mass is 296 g/mol. The lowest BCUT2D eigenvalue weighted by Crippen LogP contribution is -2.28. The average molecular weight is 297 g/mol. The number of halogens is 2. The van der Waals surface area contributed by atoms with E-state index >= 15 is 0 Å². The molecule has 0 radical (unpaired) electrons. The Bertz CT molecular complexity index is 492. The van der Waals surface area contributed by atoms with E-state index in [9.17, 15) is 8.42 Å². The molecule has 0 atom stereocenters. The van der Waals surface area contributed by atoms with Gasteiger partial charge in [0.2, 0.25) is 10.0 Å². The molecule has 0 bridgehead atoms. The van der Waals surface area contributed by atoms with E-state index in [1.807, 2.05) is 13.8 Å². The van der Waals surface area contributed by atoms with E-state index in [1.165, 1.54) is 12.1 Å². The molecule has 0 saturated carbocycles. The largest absolute Gasteiger partial charge is 0.399 e. The van der Waals surface area contributed by atoms with Crippen molar-refractivity contribution in [1.29, 1.82) is 0 Å². The van der Waals surface area contributed by atoms with Gasteiger partial charge in [-0.25, -0.2) is 13.1 Å². The first kappa shape index (κ1) is 14.6. The van der Waals surface area contributed by atoms with E-state index in [0.717, 1.165) is 0 Å². The first-order valence-electron chi connectivity index (χ1n) is 4.98. The van der Waals surface area contributed by atoms with Crippen molar-refractivity contribution < 1.29 is 8.42 Å². The van der Waals surface area contributed by atoms with Gasteiger partial charge in [0.05, 0.1) is 10.0 Å². The number of hydrogen-bond acceptors (Lipinski definition) is 3. The molecule has 0 amide bonds. The fourth-order valence-corrected chi connectivity index (χ4v) is 3.63.